The van der Waals surface area contributed by atoms with Gasteiger partial charge in [-0.05, 0) is 38.6 Å². The van der Waals surface area contributed by atoms with E-state index in [0.29, 0.717) is 39.3 Å². The number of Topliss-reactive ketones (excluding diaryl/α,β-unsaturated/α-hetero) is 1. The minimum atomic E-state index is -0.568. The number of hydrogen-bond donors (Lipinski definition) is 8. The van der Waals surface area contributed by atoms with Crippen molar-refractivity contribution in [1.82, 2.24) is 31.5 Å². The van der Waals surface area contributed by atoms with Gasteiger partial charge in [0.2, 0.25) is 11.8 Å². The van der Waals surface area contributed by atoms with Crippen molar-refractivity contribution < 1.29 is 14.4 Å². The topological polar surface area (TPSA) is 190 Å². The number of carbonyl (C=O) groups excluding carboxylic acids is 3. The van der Waals surface area contributed by atoms with Gasteiger partial charge in [-0.15, -0.1) is 0 Å². The van der Waals surface area contributed by atoms with Gasteiger partial charge >= 0.3 is 0 Å². The molecule has 0 unspecified atom stereocenters. The van der Waals surface area contributed by atoms with Crippen LogP contribution in [0.5, 0.6) is 0 Å². The highest BCUT2D eigenvalue weighted by Crippen LogP contribution is 2.14. The third-order valence-electron chi connectivity index (χ3n) is 7.10. The van der Waals surface area contributed by atoms with Gasteiger partial charge < -0.3 is 38.1 Å². The van der Waals surface area contributed by atoms with E-state index in [0.717, 1.165) is 57.8 Å². The molecule has 2 saturated heterocycles. The molecule has 4 atom stereocenters. The molecule has 0 aromatic rings. The number of nitrogens with zero attached hydrogens (tertiary/aromatic N) is 1. The molecule has 2 aliphatic rings. The molecule has 0 spiro atoms. The Bertz CT molecular complexity index is 736. The molecule has 0 radical (unpaired) electrons. The standard InChI is InChI=1S/C25H49N9O3/c1-2-3-10-19-24(37)33-20(15-32-19)22(35)17-34-16-21(23(36)29-12-7-5-4-6-11-26)31-14-18(34)9-8-13-30-25(27)28/h18-21,31-32H,2-17,26H2,1H3,(H,29,36)(H,33,37)(H4,27,28,30)/t18-,19-,20+,21+/m0/s1. The smallest absolute Gasteiger partial charge is 0.238 e. The van der Waals surface area contributed by atoms with E-state index in [1.807, 2.05) is 0 Å². The molecule has 212 valence electrons. The second-order valence-corrected chi connectivity index (χ2v) is 10.2. The third-order valence-corrected chi connectivity index (χ3v) is 7.10. The summed E-state index contributed by atoms with van der Waals surface area (Å²) in [5.41, 5.74) is 10.9. The Morgan fingerprint density at radius 2 is 1.76 bits per heavy atom. The van der Waals surface area contributed by atoms with E-state index in [1.54, 1.807) is 0 Å². The highest BCUT2D eigenvalue weighted by atomic mass is 16.2. The summed E-state index contributed by atoms with van der Waals surface area (Å²) in [5, 5.41) is 22.6. The first-order valence-electron chi connectivity index (χ1n) is 13.9. The molecule has 2 rings (SSSR count). The molecule has 0 saturated carbocycles. The number of nitrogens with two attached hydrogens (primary N) is 2. The van der Waals surface area contributed by atoms with Gasteiger partial charge in [0.1, 0.15) is 6.04 Å². The molecule has 2 heterocycles. The first kappa shape index (κ1) is 30.9. The number of guanidine groups is 1. The Balaban J connectivity index is 1.90. The van der Waals surface area contributed by atoms with E-state index in [9.17, 15) is 14.4 Å². The molecule has 2 fully saturated rings. The molecule has 10 N–H and O–H groups in total. The van der Waals surface area contributed by atoms with Gasteiger partial charge in [-0.2, -0.15) is 0 Å². The van der Waals surface area contributed by atoms with Gasteiger partial charge in [0.05, 0.1) is 18.6 Å². The van der Waals surface area contributed by atoms with Gasteiger partial charge in [0.15, 0.2) is 11.7 Å². The molecule has 2 aliphatic heterocycles. The first-order chi connectivity index (χ1) is 17.8. The first-order valence-corrected chi connectivity index (χ1v) is 13.9. The van der Waals surface area contributed by atoms with Crippen LogP contribution in [0.3, 0.4) is 0 Å². The second kappa shape index (κ2) is 17.3. The van der Waals surface area contributed by atoms with Crippen LogP contribution in [0.2, 0.25) is 0 Å². The highest BCUT2D eigenvalue weighted by Gasteiger charge is 2.36. The summed E-state index contributed by atoms with van der Waals surface area (Å²) in [4.78, 5) is 40.5. The van der Waals surface area contributed by atoms with Gasteiger partial charge in [0.25, 0.3) is 0 Å². The van der Waals surface area contributed by atoms with Crippen molar-refractivity contribution in [2.24, 2.45) is 11.5 Å². The lowest BCUT2D eigenvalue weighted by molar-refractivity contribution is -0.132. The molecule has 37 heavy (non-hydrogen) atoms. The average molecular weight is 524 g/mol. The fourth-order valence-electron chi connectivity index (χ4n) is 4.85. The van der Waals surface area contributed by atoms with Crippen molar-refractivity contribution in [2.45, 2.75) is 88.9 Å². The number of nitrogens with one attached hydrogen (secondary N) is 6. The van der Waals surface area contributed by atoms with E-state index in [-0.39, 0.29) is 42.2 Å². The summed E-state index contributed by atoms with van der Waals surface area (Å²) in [7, 11) is 0. The predicted octanol–water partition coefficient (Wildman–Crippen LogP) is -1.26. The summed E-state index contributed by atoms with van der Waals surface area (Å²) in [5.74, 6) is -0.290. The zero-order chi connectivity index (χ0) is 27.0. The molecule has 0 aliphatic carbocycles. The van der Waals surface area contributed by atoms with Gasteiger partial charge in [-0.1, -0.05) is 32.6 Å². The van der Waals surface area contributed by atoms with Crippen LogP contribution in [-0.2, 0) is 14.4 Å². The largest absolute Gasteiger partial charge is 0.370 e. The fraction of sp³-hybridized carbons (Fsp3) is 0.840. The lowest BCUT2D eigenvalue weighted by Gasteiger charge is -2.40. The van der Waals surface area contributed by atoms with Crippen LogP contribution >= 0.6 is 0 Å². The summed E-state index contributed by atoms with van der Waals surface area (Å²) < 4.78 is 0. The quantitative estimate of drug-likeness (QED) is 0.0653. The monoisotopic (exact) mass is 523 g/mol. The number of amides is 2. The van der Waals surface area contributed by atoms with Crippen molar-refractivity contribution >= 4 is 23.6 Å². The molecule has 0 bridgehead atoms. The Hall–Kier alpha value is -2.28. The highest BCUT2D eigenvalue weighted by molar-refractivity contribution is 5.93. The normalized spacial score (nSPS) is 24.3. The maximum Gasteiger partial charge on any atom is 0.238 e. The minimum Gasteiger partial charge on any atom is -0.370 e. The Labute approximate surface area is 221 Å². The van der Waals surface area contributed by atoms with E-state index >= 15 is 0 Å². The molecule has 12 nitrogen and oxygen atoms in total. The van der Waals surface area contributed by atoms with Crippen LogP contribution < -0.4 is 38.1 Å². The molecule has 12 heteroatoms. The molecule has 0 aromatic carbocycles. The Morgan fingerprint density at radius 1 is 1.00 bits per heavy atom. The number of unbranched alkanes of at least 4 members (excludes halogenated alkanes) is 4. The number of ketones is 1. The number of hydrogen-bond acceptors (Lipinski definition) is 8. The zero-order valence-corrected chi connectivity index (χ0v) is 22.4. The number of piperazine rings is 2. The zero-order valence-electron chi connectivity index (χ0n) is 22.4. The maximum atomic E-state index is 13.2. The summed E-state index contributed by atoms with van der Waals surface area (Å²) in [6, 6.07) is -1.15. The maximum absolute atomic E-state index is 13.2. The van der Waals surface area contributed by atoms with Crippen molar-refractivity contribution in [3.8, 4) is 0 Å². The van der Waals surface area contributed by atoms with Crippen molar-refractivity contribution in [3.05, 3.63) is 0 Å². The molecular formula is C25H49N9O3. The van der Waals surface area contributed by atoms with Crippen LogP contribution in [0.15, 0.2) is 0 Å². The Kier molecular flexibility index (Phi) is 14.4. The number of rotatable bonds is 17. The van der Waals surface area contributed by atoms with Crippen LogP contribution in [-0.4, -0.2) is 98.4 Å². The Morgan fingerprint density at radius 3 is 2.46 bits per heavy atom. The summed E-state index contributed by atoms with van der Waals surface area (Å²) in [6.07, 6.45) is 8.32. The van der Waals surface area contributed by atoms with E-state index in [2.05, 4.69) is 38.4 Å². The second-order valence-electron chi connectivity index (χ2n) is 10.2. The lowest BCUT2D eigenvalue weighted by Crippen LogP contribution is -2.65. The SMILES string of the molecule is CCCC[C@@H]1NC[C@H](C(=O)CN2C[C@H](C(=O)NCCCCCCN)NC[C@@H]2CCCNC(=N)N)NC1=O. The van der Waals surface area contributed by atoms with Gasteiger partial charge in [-0.3, -0.25) is 24.7 Å². The summed E-state index contributed by atoms with van der Waals surface area (Å²) in [6.45, 7) is 5.57. The molecular weight excluding hydrogens is 474 g/mol. The molecule has 2 amide bonds. The van der Waals surface area contributed by atoms with Gasteiger partial charge in [0, 0.05) is 38.8 Å². The van der Waals surface area contributed by atoms with Gasteiger partial charge in [-0.25, -0.2) is 0 Å². The fourth-order valence-corrected chi connectivity index (χ4v) is 4.85. The average Bonchev–Trinajstić information content (AvgIpc) is 2.88. The predicted molar refractivity (Wildman–Crippen MR) is 145 cm³/mol. The summed E-state index contributed by atoms with van der Waals surface area (Å²) >= 11 is 0. The molecule has 0 aromatic heterocycles. The van der Waals surface area contributed by atoms with Crippen molar-refractivity contribution in [1.29, 1.82) is 5.41 Å². The van der Waals surface area contributed by atoms with Crippen molar-refractivity contribution in [2.75, 3.05) is 45.8 Å². The van der Waals surface area contributed by atoms with Crippen molar-refractivity contribution in [3.63, 3.8) is 0 Å². The van der Waals surface area contributed by atoms with Crippen LogP contribution in [0.1, 0.15) is 64.7 Å². The third kappa shape index (κ3) is 11.3. The number of carbonyl (C=O) groups is 3. The lowest BCUT2D eigenvalue weighted by atomic mass is 10.00. The van der Waals surface area contributed by atoms with E-state index in [1.165, 1.54) is 0 Å². The van der Waals surface area contributed by atoms with Crippen LogP contribution in [0, 0.1) is 5.41 Å². The minimum absolute atomic E-state index is 0.0531. The van der Waals surface area contributed by atoms with Crippen LogP contribution in [0.25, 0.3) is 0 Å². The van der Waals surface area contributed by atoms with E-state index in [4.69, 9.17) is 16.9 Å². The van der Waals surface area contributed by atoms with E-state index < -0.39 is 12.1 Å². The van der Waals surface area contributed by atoms with Crippen LogP contribution in [0.4, 0.5) is 0 Å².